The van der Waals surface area contributed by atoms with Crippen LogP contribution in [0.5, 0.6) is 0 Å². The summed E-state index contributed by atoms with van der Waals surface area (Å²) in [5.74, 6) is -0.461. The molecule has 0 bridgehead atoms. The van der Waals surface area contributed by atoms with Gasteiger partial charge in [0.15, 0.2) is 0 Å². The van der Waals surface area contributed by atoms with Crippen molar-refractivity contribution in [3.05, 3.63) is 30.1 Å². The Morgan fingerprint density at radius 3 is 2.25 bits per heavy atom. The molecule has 0 radical (unpaired) electrons. The van der Waals surface area contributed by atoms with Crippen LogP contribution in [0.4, 0.5) is 4.39 Å². The summed E-state index contributed by atoms with van der Waals surface area (Å²) in [6.07, 6.45) is 0. The number of nitriles is 1. The standard InChI is InChI=1S/C13H16FN3O2S/c1-11(10-15)16-6-8-17(9-7-16)20(18,19)13-4-2-12(14)3-5-13/h2-5,11H,6-9H2,1H3/t11-/m0/s1. The first-order valence-electron chi connectivity index (χ1n) is 6.34. The van der Waals surface area contributed by atoms with E-state index >= 15 is 0 Å². The molecule has 7 heteroatoms. The molecule has 0 N–H and O–H groups in total. The summed E-state index contributed by atoms with van der Waals surface area (Å²) in [6, 6.07) is 6.75. The van der Waals surface area contributed by atoms with Crippen LogP contribution >= 0.6 is 0 Å². The van der Waals surface area contributed by atoms with Crippen LogP contribution < -0.4 is 0 Å². The number of halogens is 1. The van der Waals surface area contributed by atoms with E-state index in [1.807, 2.05) is 4.90 Å². The Bertz CT molecular complexity index is 601. The average molecular weight is 297 g/mol. The molecule has 0 spiro atoms. The fourth-order valence-electron chi connectivity index (χ4n) is 2.17. The number of piperazine rings is 1. The topological polar surface area (TPSA) is 64.4 Å². The van der Waals surface area contributed by atoms with Crippen LogP contribution in [0.1, 0.15) is 6.92 Å². The summed E-state index contributed by atoms with van der Waals surface area (Å²) >= 11 is 0. The zero-order chi connectivity index (χ0) is 14.8. The smallest absolute Gasteiger partial charge is 0.243 e. The summed E-state index contributed by atoms with van der Waals surface area (Å²) in [4.78, 5) is 2.04. The molecule has 0 unspecified atom stereocenters. The molecular formula is C13H16FN3O2S. The van der Waals surface area contributed by atoms with Crippen molar-refractivity contribution in [3.63, 3.8) is 0 Å². The number of sulfonamides is 1. The van der Waals surface area contributed by atoms with Crippen LogP contribution in [0.15, 0.2) is 29.2 Å². The summed E-state index contributed by atoms with van der Waals surface area (Å²) in [7, 11) is -3.58. The highest BCUT2D eigenvalue weighted by molar-refractivity contribution is 7.89. The van der Waals surface area contributed by atoms with Gasteiger partial charge >= 0.3 is 0 Å². The summed E-state index contributed by atoms with van der Waals surface area (Å²) in [5.41, 5.74) is 0. The molecule has 1 aromatic rings. The van der Waals surface area contributed by atoms with Crippen LogP contribution in [-0.2, 0) is 10.0 Å². The van der Waals surface area contributed by atoms with E-state index in [1.54, 1.807) is 6.92 Å². The zero-order valence-corrected chi connectivity index (χ0v) is 12.0. The zero-order valence-electron chi connectivity index (χ0n) is 11.2. The van der Waals surface area contributed by atoms with Gasteiger partial charge in [0.1, 0.15) is 5.82 Å². The molecule has 1 aliphatic rings. The molecule has 2 rings (SSSR count). The van der Waals surface area contributed by atoms with Crippen LogP contribution in [-0.4, -0.2) is 49.8 Å². The maximum atomic E-state index is 12.9. The van der Waals surface area contributed by atoms with Crippen LogP contribution in [0.2, 0.25) is 0 Å². The fourth-order valence-corrected chi connectivity index (χ4v) is 3.59. The highest BCUT2D eigenvalue weighted by Gasteiger charge is 2.29. The monoisotopic (exact) mass is 297 g/mol. The maximum absolute atomic E-state index is 12.9. The largest absolute Gasteiger partial charge is 0.286 e. The molecule has 1 aliphatic heterocycles. The molecule has 0 aliphatic carbocycles. The first kappa shape index (κ1) is 14.9. The first-order chi connectivity index (χ1) is 9.45. The Morgan fingerprint density at radius 2 is 1.75 bits per heavy atom. The second kappa shape index (κ2) is 5.87. The van der Waals surface area contributed by atoms with Gasteiger partial charge in [-0.05, 0) is 31.2 Å². The predicted molar refractivity (Wildman–Crippen MR) is 71.8 cm³/mol. The predicted octanol–water partition coefficient (Wildman–Crippen LogP) is 1.04. The minimum Gasteiger partial charge on any atom is -0.286 e. The van der Waals surface area contributed by atoms with Crippen molar-refractivity contribution in [2.24, 2.45) is 0 Å². The first-order valence-corrected chi connectivity index (χ1v) is 7.78. The third-order valence-corrected chi connectivity index (χ3v) is 5.37. The van der Waals surface area contributed by atoms with Crippen molar-refractivity contribution in [2.45, 2.75) is 17.9 Å². The number of hydrogen-bond donors (Lipinski definition) is 0. The molecular weight excluding hydrogens is 281 g/mol. The van der Waals surface area contributed by atoms with Crippen LogP contribution in [0.3, 0.4) is 0 Å². The molecule has 20 heavy (non-hydrogen) atoms. The molecule has 0 aromatic heterocycles. The van der Waals surface area contributed by atoms with Gasteiger partial charge in [0.05, 0.1) is 17.0 Å². The van der Waals surface area contributed by atoms with Gasteiger partial charge < -0.3 is 0 Å². The van der Waals surface area contributed by atoms with Gasteiger partial charge in [0.2, 0.25) is 10.0 Å². The Labute approximate surface area is 118 Å². The minimum absolute atomic E-state index is 0.0979. The highest BCUT2D eigenvalue weighted by atomic mass is 32.2. The summed E-state index contributed by atoms with van der Waals surface area (Å²) < 4.78 is 39.0. The number of benzene rings is 1. The van der Waals surface area contributed by atoms with E-state index in [4.69, 9.17) is 5.26 Å². The molecule has 1 aromatic carbocycles. The molecule has 1 fully saturated rings. The van der Waals surface area contributed by atoms with E-state index < -0.39 is 15.8 Å². The number of rotatable bonds is 3. The van der Waals surface area contributed by atoms with Crippen molar-refractivity contribution >= 4 is 10.0 Å². The van der Waals surface area contributed by atoms with Crippen molar-refractivity contribution in [1.29, 1.82) is 5.26 Å². The van der Waals surface area contributed by atoms with E-state index in [9.17, 15) is 12.8 Å². The lowest BCUT2D eigenvalue weighted by atomic mass is 10.2. The lowest BCUT2D eigenvalue weighted by molar-refractivity contribution is 0.169. The lowest BCUT2D eigenvalue weighted by Gasteiger charge is -2.35. The van der Waals surface area contributed by atoms with Gasteiger partial charge in [-0.2, -0.15) is 9.57 Å². The third-order valence-electron chi connectivity index (χ3n) is 3.46. The van der Waals surface area contributed by atoms with E-state index in [0.717, 1.165) is 12.1 Å². The summed E-state index contributed by atoms with van der Waals surface area (Å²) in [6.45, 7) is 3.52. The van der Waals surface area contributed by atoms with E-state index in [0.29, 0.717) is 26.2 Å². The second-order valence-corrected chi connectivity index (χ2v) is 6.64. The number of nitrogens with zero attached hydrogens (tertiary/aromatic N) is 3. The molecule has 1 heterocycles. The maximum Gasteiger partial charge on any atom is 0.243 e. The quantitative estimate of drug-likeness (QED) is 0.836. The molecule has 0 amide bonds. The number of hydrogen-bond acceptors (Lipinski definition) is 4. The molecule has 108 valence electrons. The van der Waals surface area contributed by atoms with E-state index in [2.05, 4.69) is 6.07 Å². The Morgan fingerprint density at radius 1 is 1.20 bits per heavy atom. The van der Waals surface area contributed by atoms with Crippen molar-refractivity contribution in [2.75, 3.05) is 26.2 Å². The van der Waals surface area contributed by atoms with Crippen molar-refractivity contribution < 1.29 is 12.8 Å². The molecule has 1 saturated heterocycles. The van der Waals surface area contributed by atoms with Gasteiger partial charge in [0, 0.05) is 26.2 Å². The third kappa shape index (κ3) is 2.98. The minimum atomic E-state index is -3.58. The van der Waals surface area contributed by atoms with Crippen LogP contribution in [0, 0.1) is 17.1 Å². The Hall–Kier alpha value is -1.49. The fraction of sp³-hybridized carbons (Fsp3) is 0.462. The molecule has 0 saturated carbocycles. The SMILES string of the molecule is C[C@@H](C#N)N1CCN(S(=O)(=O)c2ccc(F)cc2)CC1. The van der Waals surface area contributed by atoms with Crippen LogP contribution in [0.25, 0.3) is 0 Å². The molecule has 1 atom stereocenters. The van der Waals surface area contributed by atoms with Gasteiger partial charge in [0.25, 0.3) is 0 Å². The van der Waals surface area contributed by atoms with E-state index in [-0.39, 0.29) is 10.9 Å². The van der Waals surface area contributed by atoms with Gasteiger partial charge in [-0.1, -0.05) is 0 Å². The Balaban J connectivity index is 2.10. The van der Waals surface area contributed by atoms with Crippen molar-refractivity contribution in [3.8, 4) is 6.07 Å². The van der Waals surface area contributed by atoms with E-state index in [1.165, 1.54) is 16.4 Å². The van der Waals surface area contributed by atoms with Gasteiger partial charge in [-0.3, -0.25) is 4.90 Å². The van der Waals surface area contributed by atoms with Crippen molar-refractivity contribution in [1.82, 2.24) is 9.21 Å². The second-order valence-electron chi connectivity index (χ2n) is 4.70. The normalized spacial score (nSPS) is 19.4. The summed E-state index contributed by atoms with van der Waals surface area (Å²) in [5, 5.41) is 8.86. The van der Waals surface area contributed by atoms with Gasteiger partial charge in [-0.15, -0.1) is 0 Å². The highest BCUT2D eigenvalue weighted by Crippen LogP contribution is 2.18. The van der Waals surface area contributed by atoms with Gasteiger partial charge in [-0.25, -0.2) is 12.8 Å². The lowest BCUT2D eigenvalue weighted by Crippen LogP contribution is -2.50. The average Bonchev–Trinajstić information content (AvgIpc) is 2.47. The molecule has 5 nitrogen and oxygen atoms in total. The Kier molecular flexibility index (Phi) is 4.38.